The summed E-state index contributed by atoms with van der Waals surface area (Å²) in [6.07, 6.45) is 2.32. The first kappa shape index (κ1) is 14.8. The number of hydrogen-bond acceptors (Lipinski definition) is 2. The number of benzene rings is 1. The van der Waals surface area contributed by atoms with Crippen LogP contribution < -0.4 is 5.32 Å². The fourth-order valence-electron chi connectivity index (χ4n) is 2.37. The van der Waals surface area contributed by atoms with E-state index in [1.807, 2.05) is 17.9 Å². The number of carbonyl (C=O) groups excluding carboxylic acids is 1. The number of nitrogens with zero attached hydrogens (tertiary/aromatic N) is 1. The van der Waals surface area contributed by atoms with Gasteiger partial charge in [0.15, 0.2) is 0 Å². The van der Waals surface area contributed by atoms with Crippen LogP contribution in [0.3, 0.4) is 0 Å². The number of likely N-dealkylation sites (N-methyl/N-ethyl adjacent to an activating group) is 1. The van der Waals surface area contributed by atoms with Crippen molar-refractivity contribution in [3.63, 3.8) is 0 Å². The van der Waals surface area contributed by atoms with E-state index in [4.69, 9.17) is 11.6 Å². The van der Waals surface area contributed by atoms with Gasteiger partial charge in [0.1, 0.15) is 0 Å². The van der Waals surface area contributed by atoms with Crippen LogP contribution in [0, 0.1) is 0 Å². The molecule has 0 saturated carbocycles. The number of amides is 1. The van der Waals surface area contributed by atoms with Crippen molar-refractivity contribution >= 4 is 33.4 Å². The fraction of sp³-hybridized carbons (Fsp3) is 0.500. The molecule has 1 aliphatic rings. The molecule has 1 unspecified atom stereocenters. The number of nitrogens with one attached hydrogen (secondary N) is 1. The molecule has 1 saturated heterocycles. The van der Waals surface area contributed by atoms with Crippen LogP contribution in [0.2, 0.25) is 5.02 Å². The molecule has 1 N–H and O–H groups in total. The van der Waals surface area contributed by atoms with Gasteiger partial charge in [0.05, 0.1) is 10.6 Å². The molecule has 0 aromatic heterocycles. The molecule has 3 nitrogen and oxygen atoms in total. The first-order chi connectivity index (χ1) is 9.11. The summed E-state index contributed by atoms with van der Waals surface area (Å²) in [7, 11) is 0. The number of halogens is 2. The van der Waals surface area contributed by atoms with Crippen molar-refractivity contribution < 1.29 is 4.79 Å². The van der Waals surface area contributed by atoms with E-state index in [1.165, 1.54) is 6.42 Å². The quantitative estimate of drug-likeness (QED) is 0.908. The maximum atomic E-state index is 12.5. The van der Waals surface area contributed by atoms with E-state index in [1.54, 1.807) is 12.1 Å². The van der Waals surface area contributed by atoms with Crippen molar-refractivity contribution in [2.75, 3.05) is 19.6 Å². The zero-order valence-corrected chi connectivity index (χ0v) is 13.3. The van der Waals surface area contributed by atoms with Gasteiger partial charge in [-0.3, -0.25) is 4.79 Å². The predicted octanol–water partition coefficient (Wildman–Crippen LogP) is 3.32. The molecule has 1 atom stereocenters. The van der Waals surface area contributed by atoms with Gasteiger partial charge in [-0.25, -0.2) is 0 Å². The summed E-state index contributed by atoms with van der Waals surface area (Å²) < 4.78 is 0.871. The molecule has 0 aliphatic carbocycles. The van der Waals surface area contributed by atoms with Crippen molar-refractivity contribution in [3.05, 3.63) is 33.3 Å². The van der Waals surface area contributed by atoms with E-state index in [9.17, 15) is 4.79 Å². The Balaban J connectivity index is 2.12. The molecule has 2 rings (SSSR count). The molecular formula is C14H18BrClN2O. The summed E-state index contributed by atoms with van der Waals surface area (Å²) in [5.74, 6) is 0.00231. The Morgan fingerprint density at radius 2 is 2.37 bits per heavy atom. The molecule has 0 bridgehead atoms. The average Bonchev–Trinajstić information content (AvgIpc) is 2.91. The van der Waals surface area contributed by atoms with Crippen molar-refractivity contribution in [2.24, 2.45) is 0 Å². The Labute approximate surface area is 127 Å². The summed E-state index contributed by atoms with van der Waals surface area (Å²) in [4.78, 5) is 14.4. The maximum Gasteiger partial charge on any atom is 0.255 e. The second-order valence-electron chi connectivity index (χ2n) is 4.76. The molecule has 0 spiro atoms. The van der Waals surface area contributed by atoms with Crippen LogP contribution in [-0.2, 0) is 0 Å². The van der Waals surface area contributed by atoms with Crippen LogP contribution in [0.15, 0.2) is 22.7 Å². The van der Waals surface area contributed by atoms with Gasteiger partial charge in [0.25, 0.3) is 5.91 Å². The van der Waals surface area contributed by atoms with Gasteiger partial charge in [0.2, 0.25) is 0 Å². The van der Waals surface area contributed by atoms with Gasteiger partial charge in [-0.1, -0.05) is 27.5 Å². The van der Waals surface area contributed by atoms with Crippen LogP contribution in [0.25, 0.3) is 0 Å². The van der Waals surface area contributed by atoms with E-state index in [0.717, 1.165) is 24.0 Å². The lowest BCUT2D eigenvalue weighted by atomic mass is 10.1. The Bertz CT molecular complexity index is 461. The van der Waals surface area contributed by atoms with Gasteiger partial charge < -0.3 is 10.2 Å². The maximum absolute atomic E-state index is 12.5. The highest BCUT2D eigenvalue weighted by Gasteiger charge is 2.22. The van der Waals surface area contributed by atoms with Gasteiger partial charge in [-0.2, -0.15) is 0 Å². The SMILES string of the molecule is CCN(CC1CCCN1)C(=O)c1cc(Br)ccc1Cl. The first-order valence-corrected chi connectivity index (χ1v) is 7.76. The highest BCUT2D eigenvalue weighted by atomic mass is 79.9. The Kier molecular flexibility index (Phi) is 5.25. The molecule has 104 valence electrons. The number of carbonyl (C=O) groups is 1. The average molecular weight is 346 g/mol. The highest BCUT2D eigenvalue weighted by Crippen LogP contribution is 2.23. The van der Waals surface area contributed by atoms with Gasteiger partial charge in [0, 0.05) is 23.6 Å². The van der Waals surface area contributed by atoms with Gasteiger partial charge >= 0.3 is 0 Å². The summed E-state index contributed by atoms with van der Waals surface area (Å²) in [6.45, 7) is 4.49. The Morgan fingerprint density at radius 1 is 1.58 bits per heavy atom. The second kappa shape index (κ2) is 6.73. The van der Waals surface area contributed by atoms with E-state index in [2.05, 4.69) is 21.2 Å². The van der Waals surface area contributed by atoms with Crippen LogP contribution in [0.5, 0.6) is 0 Å². The smallest absolute Gasteiger partial charge is 0.255 e. The van der Waals surface area contributed by atoms with Crippen molar-refractivity contribution in [1.82, 2.24) is 10.2 Å². The molecule has 1 aromatic carbocycles. The molecule has 1 amide bonds. The van der Waals surface area contributed by atoms with Crippen LogP contribution >= 0.6 is 27.5 Å². The van der Waals surface area contributed by atoms with Crippen LogP contribution in [0.1, 0.15) is 30.1 Å². The minimum Gasteiger partial charge on any atom is -0.337 e. The fourth-order valence-corrected chi connectivity index (χ4v) is 2.93. The number of hydrogen-bond donors (Lipinski definition) is 1. The highest BCUT2D eigenvalue weighted by molar-refractivity contribution is 9.10. The third-order valence-electron chi connectivity index (χ3n) is 3.43. The van der Waals surface area contributed by atoms with Gasteiger partial charge in [-0.05, 0) is 44.5 Å². The molecule has 1 heterocycles. The summed E-state index contributed by atoms with van der Waals surface area (Å²) in [5.41, 5.74) is 0.566. The van der Waals surface area contributed by atoms with Crippen molar-refractivity contribution in [3.8, 4) is 0 Å². The third kappa shape index (κ3) is 3.71. The lowest BCUT2D eigenvalue weighted by molar-refractivity contribution is 0.0751. The zero-order valence-electron chi connectivity index (χ0n) is 11.0. The van der Waals surface area contributed by atoms with E-state index in [-0.39, 0.29) is 5.91 Å². The standard InChI is InChI=1S/C14H18BrClN2O/c1-2-18(9-11-4-3-7-17-11)14(19)12-8-10(15)5-6-13(12)16/h5-6,8,11,17H,2-4,7,9H2,1H3. The first-order valence-electron chi connectivity index (χ1n) is 6.59. The zero-order chi connectivity index (χ0) is 13.8. The molecule has 1 fully saturated rings. The Morgan fingerprint density at radius 3 is 3.00 bits per heavy atom. The van der Waals surface area contributed by atoms with E-state index < -0.39 is 0 Å². The molecule has 5 heteroatoms. The third-order valence-corrected chi connectivity index (χ3v) is 4.25. The lowest BCUT2D eigenvalue weighted by Gasteiger charge is -2.25. The molecule has 19 heavy (non-hydrogen) atoms. The van der Waals surface area contributed by atoms with Crippen LogP contribution in [0.4, 0.5) is 0 Å². The monoisotopic (exact) mass is 344 g/mol. The molecular weight excluding hydrogens is 328 g/mol. The lowest BCUT2D eigenvalue weighted by Crippen LogP contribution is -2.41. The van der Waals surface area contributed by atoms with E-state index >= 15 is 0 Å². The summed E-state index contributed by atoms with van der Waals surface area (Å²) in [6, 6.07) is 5.79. The predicted molar refractivity (Wildman–Crippen MR) is 81.8 cm³/mol. The van der Waals surface area contributed by atoms with Gasteiger partial charge in [-0.15, -0.1) is 0 Å². The largest absolute Gasteiger partial charge is 0.337 e. The summed E-state index contributed by atoms with van der Waals surface area (Å²) >= 11 is 9.51. The molecule has 0 radical (unpaired) electrons. The minimum absolute atomic E-state index is 0.00231. The van der Waals surface area contributed by atoms with E-state index in [0.29, 0.717) is 23.2 Å². The topological polar surface area (TPSA) is 32.3 Å². The minimum atomic E-state index is 0.00231. The van der Waals surface area contributed by atoms with Crippen LogP contribution in [-0.4, -0.2) is 36.5 Å². The summed E-state index contributed by atoms with van der Waals surface area (Å²) in [5, 5.41) is 3.92. The number of rotatable bonds is 4. The normalized spacial score (nSPS) is 18.6. The molecule has 1 aromatic rings. The molecule has 1 aliphatic heterocycles. The van der Waals surface area contributed by atoms with Crippen molar-refractivity contribution in [2.45, 2.75) is 25.8 Å². The van der Waals surface area contributed by atoms with Crippen molar-refractivity contribution in [1.29, 1.82) is 0 Å². The second-order valence-corrected chi connectivity index (χ2v) is 6.08. The Hall–Kier alpha value is -0.580.